The van der Waals surface area contributed by atoms with Crippen molar-refractivity contribution in [1.82, 2.24) is 0 Å². The number of hydrogen-bond acceptors (Lipinski definition) is 3. The summed E-state index contributed by atoms with van der Waals surface area (Å²) in [6.07, 6.45) is 1.26. The van der Waals surface area contributed by atoms with Crippen LogP contribution in [0.1, 0.15) is 41.7 Å². The minimum absolute atomic E-state index is 0.0182. The van der Waals surface area contributed by atoms with Gasteiger partial charge in [-0.2, -0.15) is 0 Å². The van der Waals surface area contributed by atoms with E-state index in [4.69, 9.17) is 9.47 Å². The minimum Gasteiger partial charge on any atom is -0.494 e. The van der Waals surface area contributed by atoms with Crippen molar-refractivity contribution in [3.8, 4) is 5.75 Å². The lowest BCUT2D eigenvalue weighted by Crippen LogP contribution is -2.03. The third kappa shape index (κ3) is 3.92. The van der Waals surface area contributed by atoms with Crippen LogP contribution in [-0.2, 0) is 11.2 Å². The van der Waals surface area contributed by atoms with Crippen molar-refractivity contribution in [2.75, 3.05) is 13.2 Å². The summed E-state index contributed by atoms with van der Waals surface area (Å²) < 4.78 is 11.2. The second-order valence-electron chi connectivity index (χ2n) is 6.15. The van der Waals surface area contributed by atoms with E-state index in [0.717, 1.165) is 17.7 Å². The smallest absolute Gasteiger partial charge is 0.119 e. The fourth-order valence-electron chi connectivity index (χ4n) is 3.01. The monoisotopic (exact) mass is 312 g/mol. The Bertz CT molecular complexity index is 648. The number of benzene rings is 2. The molecule has 0 amide bonds. The van der Waals surface area contributed by atoms with E-state index in [1.165, 1.54) is 16.7 Å². The SMILES string of the molecule is CCOc1ccc(Cc2cc(C3CC(O)CO3)ccc2C)cc1. The van der Waals surface area contributed by atoms with Crippen molar-refractivity contribution in [3.63, 3.8) is 0 Å². The van der Waals surface area contributed by atoms with Gasteiger partial charge in [-0.25, -0.2) is 0 Å². The number of ether oxygens (including phenoxy) is 2. The molecular weight excluding hydrogens is 288 g/mol. The van der Waals surface area contributed by atoms with Crippen molar-refractivity contribution < 1.29 is 14.6 Å². The molecule has 2 aromatic carbocycles. The van der Waals surface area contributed by atoms with Gasteiger partial charge in [-0.15, -0.1) is 0 Å². The minimum atomic E-state index is -0.337. The Kier molecular flexibility index (Phi) is 4.99. The molecule has 1 fully saturated rings. The number of rotatable bonds is 5. The molecule has 23 heavy (non-hydrogen) atoms. The Labute approximate surface area is 137 Å². The van der Waals surface area contributed by atoms with Gasteiger partial charge in [0.05, 0.1) is 25.4 Å². The predicted molar refractivity (Wildman–Crippen MR) is 90.9 cm³/mol. The highest BCUT2D eigenvalue weighted by atomic mass is 16.5. The zero-order valence-electron chi connectivity index (χ0n) is 13.8. The fraction of sp³-hybridized carbons (Fsp3) is 0.400. The summed E-state index contributed by atoms with van der Waals surface area (Å²) in [6, 6.07) is 14.8. The van der Waals surface area contributed by atoms with Crippen LogP contribution >= 0.6 is 0 Å². The third-order valence-electron chi connectivity index (χ3n) is 4.35. The maximum Gasteiger partial charge on any atom is 0.119 e. The van der Waals surface area contributed by atoms with Gasteiger partial charge in [-0.05, 0) is 54.7 Å². The zero-order chi connectivity index (χ0) is 16.2. The largest absolute Gasteiger partial charge is 0.494 e. The van der Waals surface area contributed by atoms with Crippen molar-refractivity contribution in [2.45, 2.75) is 38.9 Å². The van der Waals surface area contributed by atoms with Crippen LogP contribution in [0.15, 0.2) is 42.5 Å². The highest BCUT2D eigenvalue weighted by Gasteiger charge is 2.25. The summed E-state index contributed by atoms with van der Waals surface area (Å²) in [4.78, 5) is 0. The Morgan fingerprint density at radius 1 is 1.17 bits per heavy atom. The van der Waals surface area contributed by atoms with E-state index in [0.29, 0.717) is 19.6 Å². The maximum absolute atomic E-state index is 9.65. The summed E-state index contributed by atoms with van der Waals surface area (Å²) in [6.45, 7) is 5.25. The molecule has 122 valence electrons. The fourth-order valence-corrected chi connectivity index (χ4v) is 3.01. The van der Waals surface area contributed by atoms with Gasteiger partial charge in [0.15, 0.2) is 0 Å². The second kappa shape index (κ2) is 7.16. The molecule has 3 rings (SSSR count). The van der Waals surface area contributed by atoms with Crippen LogP contribution in [0.25, 0.3) is 0 Å². The van der Waals surface area contributed by atoms with E-state index < -0.39 is 0 Å². The van der Waals surface area contributed by atoms with Crippen LogP contribution in [0, 0.1) is 6.92 Å². The lowest BCUT2D eigenvalue weighted by atomic mass is 9.95. The van der Waals surface area contributed by atoms with E-state index in [1.54, 1.807) is 0 Å². The number of aryl methyl sites for hydroxylation is 1. The lowest BCUT2D eigenvalue weighted by Gasteiger charge is -2.14. The van der Waals surface area contributed by atoms with Gasteiger partial charge in [0, 0.05) is 6.42 Å². The van der Waals surface area contributed by atoms with Gasteiger partial charge in [0.2, 0.25) is 0 Å². The second-order valence-corrected chi connectivity index (χ2v) is 6.15. The van der Waals surface area contributed by atoms with E-state index in [-0.39, 0.29) is 12.2 Å². The normalized spacial score (nSPS) is 20.7. The van der Waals surface area contributed by atoms with Crippen LogP contribution in [0.4, 0.5) is 0 Å². The number of aliphatic hydroxyl groups is 1. The first-order chi connectivity index (χ1) is 11.2. The van der Waals surface area contributed by atoms with Crippen molar-refractivity contribution in [1.29, 1.82) is 0 Å². The average Bonchev–Trinajstić information content (AvgIpc) is 2.98. The number of hydrogen-bond donors (Lipinski definition) is 1. The zero-order valence-corrected chi connectivity index (χ0v) is 13.8. The molecule has 1 N–H and O–H groups in total. The molecule has 0 saturated carbocycles. The first-order valence-electron chi connectivity index (χ1n) is 8.26. The maximum atomic E-state index is 9.65. The van der Waals surface area contributed by atoms with Gasteiger partial charge in [0.25, 0.3) is 0 Å². The molecule has 0 spiro atoms. The Morgan fingerprint density at radius 2 is 1.96 bits per heavy atom. The quantitative estimate of drug-likeness (QED) is 0.912. The summed E-state index contributed by atoms with van der Waals surface area (Å²) >= 11 is 0. The van der Waals surface area contributed by atoms with Gasteiger partial charge < -0.3 is 14.6 Å². The molecule has 1 aliphatic rings. The van der Waals surface area contributed by atoms with Crippen LogP contribution in [0.3, 0.4) is 0 Å². The van der Waals surface area contributed by atoms with Gasteiger partial charge >= 0.3 is 0 Å². The summed E-state index contributed by atoms with van der Waals surface area (Å²) in [5.41, 5.74) is 5.01. The molecule has 0 radical (unpaired) electrons. The Hall–Kier alpha value is -1.84. The molecule has 1 aliphatic heterocycles. The van der Waals surface area contributed by atoms with Crippen LogP contribution < -0.4 is 4.74 Å². The number of aliphatic hydroxyl groups excluding tert-OH is 1. The average molecular weight is 312 g/mol. The molecule has 2 atom stereocenters. The van der Waals surface area contributed by atoms with E-state index in [2.05, 4.69) is 37.3 Å². The molecule has 2 unspecified atom stereocenters. The third-order valence-corrected chi connectivity index (χ3v) is 4.35. The standard InChI is InChI=1S/C20H24O3/c1-3-22-19-8-5-15(6-9-19)10-17-11-16(7-4-14(17)2)20-12-18(21)13-23-20/h4-9,11,18,20-21H,3,10,12-13H2,1-2H3. The molecule has 1 heterocycles. The molecule has 3 nitrogen and oxygen atoms in total. The first-order valence-corrected chi connectivity index (χ1v) is 8.26. The van der Waals surface area contributed by atoms with Crippen molar-refractivity contribution >= 4 is 0 Å². The van der Waals surface area contributed by atoms with Crippen LogP contribution in [-0.4, -0.2) is 24.4 Å². The lowest BCUT2D eigenvalue weighted by molar-refractivity contribution is 0.0888. The predicted octanol–water partition coefficient (Wildman–Crippen LogP) is 3.81. The molecule has 1 saturated heterocycles. The van der Waals surface area contributed by atoms with Gasteiger partial charge in [-0.3, -0.25) is 0 Å². The van der Waals surface area contributed by atoms with Crippen molar-refractivity contribution in [3.05, 3.63) is 64.7 Å². The molecule has 3 heteroatoms. The van der Waals surface area contributed by atoms with Gasteiger partial charge in [0.1, 0.15) is 5.75 Å². The highest BCUT2D eigenvalue weighted by Crippen LogP contribution is 2.30. The van der Waals surface area contributed by atoms with Crippen LogP contribution in [0.5, 0.6) is 5.75 Å². The Balaban J connectivity index is 1.76. The van der Waals surface area contributed by atoms with E-state index in [1.807, 2.05) is 19.1 Å². The van der Waals surface area contributed by atoms with E-state index in [9.17, 15) is 5.11 Å². The van der Waals surface area contributed by atoms with E-state index >= 15 is 0 Å². The molecule has 2 aromatic rings. The van der Waals surface area contributed by atoms with Crippen molar-refractivity contribution in [2.24, 2.45) is 0 Å². The molecule has 0 aromatic heterocycles. The summed E-state index contributed by atoms with van der Waals surface area (Å²) in [7, 11) is 0. The molecule has 0 bridgehead atoms. The molecule has 0 aliphatic carbocycles. The van der Waals surface area contributed by atoms with Crippen LogP contribution in [0.2, 0.25) is 0 Å². The molecular formula is C20H24O3. The highest BCUT2D eigenvalue weighted by molar-refractivity contribution is 5.38. The summed E-state index contributed by atoms with van der Waals surface area (Å²) in [5, 5.41) is 9.65. The van der Waals surface area contributed by atoms with Gasteiger partial charge in [-0.1, -0.05) is 30.3 Å². The summed E-state index contributed by atoms with van der Waals surface area (Å²) in [5.74, 6) is 0.912. The first kappa shape index (κ1) is 16.0. The Morgan fingerprint density at radius 3 is 2.61 bits per heavy atom. The topological polar surface area (TPSA) is 38.7 Å².